The van der Waals surface area contributed by atoms with Crippen LogP contribution in [-0.2, 0) is 14.9 Å². The third kappa shape index (κ3) is 4.16. The van der Waals surface area contributed by atoms with Crippen molar-refractivity contribution in [3.05, 3.63) is 23.3 Å². The van der Waals surface area contributed by atoms with Gasteiger partial charge in [-0.15, -0.1) is 0 Å². The summed E-state index contributed by atoms with van der Waals surface area (Å²) >= 11 is 0. The van der Waals surface area contributed by atoms with Gasteiger partial charge in [0.15, 0.2) is 0 Å². The van der Waals surface area contributed by atoms with Gasteiger partial charge in [0, 0.05) is 17.4 Å². The fourth-order valence-corrected chi connectivity index (χ4v) is 4.97. The zero-order valence-corrected chi connectivity index (χ0v) is 18.1. The fourth-order valence-electron chi connectivity index (χ4n) is 4.97. The van der Waals surface area contributed by atoms with Crippen molar-refractivity contribution in [3.63, 3.8) is 0 Å². The summed E-state index contributed by atoms with van der Waals surface area (Å²) in [5.41, 5.74) is 1.45. The van der Waals surface area contributed by atoms with E-state index in [9.17, 15) is 9.90 Å². The van der Waals surface area contributed by atoms with Crippen LogP contribution in [-0.4, -0.2) is 23.3 Å². The lowest BCUT2D eigenvalue weighted by Gasteiger charge is -2.44. The maximum Gasteiger partial charge on any atom is 0.306 e. The number of fused-ring (bicyclic) bond motifs is 3. The van der Waals surface area contributed by atoms with Crippen molar-refractivity contribution in [2.24, 2.45) is 5.92 Å². The predicted molar refractivity (Wildman–Crippen MR) is 111 cm³/mol. The largest absolute Gasteiger partial charge is 0.508 e. The van der Waals surface area contributed by atoms with Gasteiger partial charge in [-0.3, -0.25) is 4.79 Å². The summed E-state index contributed by atoms with van der Waals surface area (Å²) in [7, 11) is 0. The molecular weight excluding hydrogens is 352 g/mol. The van der Waals surface area contributed by atoms with Crippen molar-refractivity contribution < 1.29 is 19.4 Å². The molecule has 1 fully saturated rings. The van der Waals surface area contributed by atoms with Crippen LogP contribution in [0.1, 0.15) is 96.6 Å². The molecule has 2 unspecified atom stereocenters. The standard InChI is InChI=1S/C24H36O4/c1-6-7-8-9-11-23(2,3)16-13-19(25)22-17-15-21(26)27-12-10-18(17)24(4,5)28-20(22)14-16/h13-14,17-18,25H,6-12,15H2,1-5H3. The lowest BCUT2D eigenvalue weighted by molar-refractivity contribution is -0.142. The molecular formula is C24H36O4. The van der Waals surface area contributed by atoms with Gasteiger partial charge < -0.3 is 14.6 Å². The average Bonchev–Trinajstić information content (AvgIpc) is 2.80. The van der Waals surface area contributed by atoms with Crippen molar-refractivity contribution in [3.8, 4) is 11.5 Å². The van der Waals surface area contributed by atoms with E-state index in [4.69, 9.17) is 9.47 Å². The van der Waals surface area contributed by atoms with Gasteiger partial charge in [0.05, 0.1) is 13.0 Å². The summed E-state index contributed by atoms with van der Waals surface area (Å²) in [6.07, 6.45) is 7.06. The van der Waals surface area contributed by atoms with E-state index in [0.29, 0.717) is 13.0 Å². The smallest absolute Gasteiger partial charge is 0.306 e. The molecule has 156 valence electrons. The summed E-state index contributed by atoms with van der Waals surface area (Å²) in [6, 6.07) is 4.00. The molecule has 1 N–H and O–H groups in total. The van der Waals surface area contributed by atoms with E-state index in [2.05, 4.69) is 40.7 Å². The lowest BCUT2D eigenvalue weighted by Crippen LogP contribution is -2.44. The van der Waals surface area contributed by atoms with Gasteiger partial charge in [0.25, 0.3) is 0 Å². The summed E-state index contributed by atoms with van der Waals surface area (Å²) in [6.45, 7) is 11.3. The lowest BCUT2D eigenvalue weighted by atomic mass is 9.70. The highest BCUT2D eigenvalue weighted by atomic mass is 16.5. The molecule has 0 aromatic heterocycles. The molecule has 1 saturated heterocycles. The molecule has 4 nitrogen and oxygen atoms in total. The van der Waals surface area contributed by atoms with Crippen LogP contribution < -0.4 is 4.74 Å². The monoisotopic (exact) mass is 388 g/mol. The maximum atomic E-state index is 12.1. The number of phenolic OH excluding ortho intramolecular Hbond substituents is 1. The fraction of sp³-hybridized carbons (Fsp3) is 0.708. The minimum Gasteiger partial charge on any atom is -0.508 e. The number of esters is 1. The zero-order chi connectivity index (χ0) is 20.5. The normalized spacial score (nSPS) is 23.8. The van der Waals surface area contributed by atoms with E-state index in [1.807, 2.05) is 6.07 Å². The molecule has 2 atom stereocenters. The Morgan fingerprint density at radius 3 is 2.68 bits per heavy atom. The minimum atomic E-state index is -0.401. The first kappa shape index (κ1) is 21.0. The zero-order valence-electron chi connectivity index (χ0n) is 18.1. The number of hydrogen-bond acceptors (Lipinski definition) is 4. The first-order valence-corrected chi connectivity index (χ1v) is 10.9. The Labute approximate surface area is 169 Å². The van der Waals surface area contributed by atoms with E-state index < -0.39 is 5.60 Å². The van der Waals surface area contributed by atoms with E-state index in [-0.39, 0.29) is 29.0 Å². The molecule has 0 bridgehead atoms. The first-order valence-electron chi connectivity index (χ1n) is 10.9. The molecule has 0 spiro atoms. The van der Waals surface area contributed by atoms with Crippen LogP contribution in [0, 0.1) is 5.92 Å². The summed E-state index contributed by atoms with van der Waals surface area (Å²) in [4.78, 5) is 12.1. The summed E-state index contributed by atoms with van der Waals surface area (Å²) in [5, 5.41) is 11.0. The topological polar surface area (TPSA) is 55.8 Å². The molecule has 0 aliphatic carbocycles. The van der Waals surface area contributed by atoms with Crippen LogP contribution in [0.4, 0.5) is 0 Å². The number of carbonyl (C=O) groups is 1. The molecule has 3 rings (SSSR count). The van der Waals surface area contributed by atoms with Crippen LogP contribution in [0.5, 0.6) is 11.5 Å². The molecule has 28 heavy (non-hydrogen) atoms. The van der Waals surface area contributed by atoms with Crippen LogP contribution >= 0.6 is 0 Å². The number of unbranched alkanes of at least 4 members (excludes halogenated alkanes) is 3. The number of phenols is 1. The second-order valence-corrected chi connectivity index (χ2v) is 9.73. The van der Waals surface area contributed by atoms with Crippen LogP contribution in [0.15, 0.2) is 12.1 Å². The Morgan fingerprint density at radius 1 is 1.21 bits per heavy atom. The molecule has 2 aliphatic heterocycles. The Morgan fingerprint density at radius 2 is 1.96 bits per heavy atom. The third-order valence-corrected chi connectivity index (χ3v) is 6.76. The molecule has 0 amide bonds. The average molecular weight is 389 g/mol. The van der Waals surface area contributed by atoms with Gasteiger partial charge in [0.1, 0.15) is 17.1 Å². The van der Waals surface area contributed by atoms with Gasteiger partial charge in [-0.2, -0.15) is 0 Å². The Kier molecular flexibility index (Phi) is 5.97. The van der Waals surface area contributed by atoms with E-state index >= 15 is 0 Å². The van der Waals surface area contributed by atoms with Crippen LogP contribution in [0.3, 0.4) is 0 Å². The van der Waals surface area contributed by atoms with Crippen LogP contribution in [0.25, 0.3) is 0 Å². The quantitative estimate of drug-likeness (QED) is 0.491. The van der Waals surface area contributed by atoms with Crippen molar-refractivity contribution in [2.75, 3.05) is 6.61 Å². The Bertz CT molecular complexity index is 720. The molecule has 0 saturated carbocycles. The molecule has 0 radical (unpaired) electrons. The highest BCUT2D eigenvalue weighted by Crippen LogP contribution is 2.53. The molecule has 1 aromatic carbocycles. The second-order valence-electron chi connectivity index (χ2n) is 9.73. The molecule has 1 aromatic rings. The maximum absolute atomic E-state index is 12.1. The summed E-state index contributed by atoms with van der Waals surface area (Å²) < 4.78 is 11.7. The van der Waals surface area contributed by atoms with Crippen molar-refractivity contribution >= 4 is 5.97 Å². The number of aromatic hydroxyl groups is 1. The number of hydrogen-bond donors (Lipinski definition) is 1. The van der Waals surface area contributed by atoms with Gasteiger partial charge in [-0.25, -0.2) is 0 Å². The van der Waals surface area contributed by atoms with E-state index in [1.165, 1.54) is 25.7 Å². The van der Waals surface area contributed by atoms with Gasteiger partial charge in [-0.05, 0) is 49.8 Å². The Balaban J connectivity index is 1.94. The van der Waals surface area contributed by atoms with Crippen LogP contribution in [0.2, 0.25) is 0 Å². The van der Waals surface area contributed by atoms with Crippen molar-refractivity contribution in [1.82, 2.24) is 0 Å². The number of benzene rings is 1. The van der Waals surface area contributed by atoms with E-state index in [1.54, 1.807) is 0 Å². The summed E-state index contributed by atoms with van der Waals surface area (Å²) in [5.74, 6) is 0.892. The van der Waals surface area contributed by atoms with E-state index in [0.717, 1.165) is 29.7 Å². The van der Waals surface area contributed by atoms with Crippen molar-refractivity contribution in [2.45, 2.75) is 96.5 Å². The number of carbonyl (C=O) groups excluding carboxylic acids is 1. The highest BCUT2D eigenvalue weighted by Gasteiger charge is 2.47. The molecule has 2 aliphatic rings. The van der Waals surface area contributed by atoms with Gasteiger partial charge in [0.2, 0.25) is 0 Å². The SMILES string of the molecule is CCCCCCC(C)(C)c1cc(O)c2c(c1)OC(C)(C)C1CCOC(=O)CC21. The van der Waals surface area contributed by atoms with Crippen molar-refractivity contribution in [1.29, 1.82) is 0 Å². The number of ether oxygens (including phenoxy) is 2. The van der Waals surface area contributed by atoms with Gasteiger partial charge in [-0.1, -0.05) is 46.5 Å². The second kappa shape index (κ2) is 7.96. The third-order valence-electron chi connectivity index (χ3n) is 6.76. The highest BCUT2D eigenvalue weighted by molar-refractivity contribution is 5.72. The minimum absolute atomic E-state index is 0.0347. The van der Waals surface area contributed by atoms with Gasteiger partial charge >= 0.3 is 5.97 Å². The first-order chi connectivity index (χ1) is 13.2. The Hall–Kier alpha value is -1.71. The number of cyclic esters (lactones) is 1. The molecule has 4 heteroatoms. The predicted octanol–water partition coefficient (Wildman–Crippen LogP) is 5.85. The molecule has 2 heterocycles. The number of rotatable bonds is 6.